The quantitative estimate of drug-likeness (QED) is 0.634. The molecule has 0 fully saturated rings. The summed E-state index contributed by atoms with van der Waals surface area (Å²) in [7, 11) is 1.80. The number of benzene rings is 1. The Bertz CT molecular complexity index is 726. The molecule has 1 aliphatic rings. The minimum Gasteiger partial charge on any atom is -0.493 e. The summed E-state index contributed by atoms with van der Waals surface area (Å²) in [6.07, 6.45) is 1.02. The van der Waals surface area contributed by atoms with Gasteiger partial charge in [-0.15, -0.1) is 11.3 Å². The van der Waals surface area contributed by atoms with Gasteiger partial charge in [0.2, 0.25) is 0 Å². The molecular formula is C19H26N4OS. The first-order valence-electron chi connectivity index (χ1n) is 8.78. The number of aromatic nitrogens is 1. The zero-order valence-corrected chi connectivity index (χ0v) is 15.9. The molecule has 0 saturated carbocycles. The van der Waals surface area contributed by atoms with Crippen LogP contribution in [-0.4, -0.2) is 31.1 Å². The highest BCUT2D eigenvalue weighted by Gasteiger charge is 2.21. The van der Waals surface area contributed by atoms with Crippen molar-refractivity contribution < 1.29 is 4.74 Å². The Morgan fingerprint density at radius 2 is 2.20 bits per heavy atom. The maximum Gasteiger partial charge on any atom is 0.191 e. The molecule has 0 amide bonds. The monoisotopic (exact) mass is 358 g/mol. The minimum atomic E-state index is 0.441. The molecule has 1 aliphatic heterocycles. The van der Waals surface area contributed by atoms with Crippen LogP contribution in [0.5, 0.6) is 5.75 Å². The third-order valence-electron chi connectivity index (χ3n) is 4.39. The van der Waals surface area contributed by atoms with Crippen molar-refractivity contribution in [3.63, 3.8) is 0 Å². The second-order valence-electron chi connectivity index (χ2n) is 6.50. The zero-order valence-electron chi connectivity index (χ0n) is 15.1. The molecule has 0 saturated heterocycles. The second-order valence-corrected chi connectivity index (χ2v) is 7.44. The SMILES string of the molecule is CN=C(NCc1nc(C(C)C)cs1)NCC1CCOc2ccccc21. The average Bonchev–Trinajstić information content (AvgIpc) is 3.11. The van der Waals surface area contributed by atoms with E-state index in [2.05, 4.69) is 52.0 Å². The van der Waals surface area contributed by atoms with E-state index < -0.39 is 0 Å². The predicted molar refractivity (Wildman–Crippen MR) is 104 cm³/mol. The fourth-order valence-electron chi connectivity index (χ4n) is 2.90. The van der Waals surface area contributed by atoms with Crippen molar-refractivity contribution in [2.24, 2.45) is 4.99 Å². The molecule has 3 rings (SSSR count). The lowest BCUT2D eigenvalue weighted by atomic mass is 9.93. The van der Waals surface area contributed by atoms with Crippen molar-refractivity contribution in [3.8, 4) is 5.75 Å². The molecule has 25 heavy (non-hydrogen) atoms. The van der Waals surface area contributed by atoms with E-state index in [9.17, 15) is 0 Å². The number of hydrogen-bond donors (Lipinski definition) is 2. The number of hydrogen-bond acceptors (Lipinski definition) is 4. The van der Waals surface area contributed by atoms with Crippen LogP contribution in [0.2, 0.25) is 0 Å². The first-order chi connectivity index (χ1) is 12.2. The van der Waals surface area contributed by atoms with Crippen molar-refractivity contribution in [3.05, 3.63) is 45.9 Å². The molecule has 1 unspecified atom stereocenters. The summed E-state index contributed by atoms with van der Waals surface area (Å²) in [5.74, 6) is 2.73. The van der Waals surface area contributed by atoms with Gasteiger partial charge in [-0.25, -0.2) is 4.98 Å². The average molecular weight is 359 g/mol. The fourth-order valence-corrected chi connectivity index (χ4v) is 3.79. The van der Waals surface area contributed by atoms with Crippen molar-refractivity contribution in [2.75, 3.05) is 20.2 Å². The number of nitrogens with zero attached hydrogens (tertiary/aromatic N) is 2. The Morgan fingerprint density at radius 3 is 2.96 bits per heavy atom. The van der Waals surface area contributed by atoms with E-state index in [4.69, 9.17) is 4.74 Å². The largest absolute Gasteiger partial charge is 0.493 e. The normalized spacial score (nSPS) is 17.1. The molecule has 2 aromatic rings. The summed E-state index contributed by atoms with van der Waals surface area (Å²) in [4.78, 5) is 8.98. The maximum absolute atomic E-state index is 5.73. The summed E-state index contributed by atoms with van der Waals surface area (Å²) in [6, 6.07) is 8.29. The predicted octanol–water partition coefficient (Wildman–Crippen LogP) is 3.50. The van der Waals surface area contributed by atoms with Gasteiger partial charge in [0.1, 0.15) is 10.8 Å². The van der Waals surface area contributed by atoms with Gasteiger partial charge >= 0.3 is 0 Å². The van der Waals surface area contributed by atoms with Gasteiger partial charge in [-0.3, -0.25) is 4.99 Å². The van der Waals surface area contributed by atoms with E-state index in [0.29, 0.717) is 18.4 Å². The van der Waals surface area contributed by atoms with E-state index in [1.165, 1.54) is 5.56 Å². The highest BCUT2D eigenvalue weighted by atomic mass is 32.1. The lowest BCUT2D eigenvalue weighted by molar-refractivity contribution is 0.267. The van der Waals surface area contributed by atoms with E-state index in [1.807, 2.05) is 12.1 Å². The van der Waals surface area contributed by atoms with Crippen LogP contribution in [0, 0.1) is 0 Å². The van der Waals surface area contributed by atoms with E-state index in [1.54, 1.807) is 18.4 Å². The molecular weight excluding hydrogens is 332 g/mol. The molecule has 2 N–H and O–H groups in total. The first kappa shape index (κ1) is 17.7. The van der Waals surface area contributed by atoms with Crippen molar-refractivity contribution in [1.29, 1.82) is 0 Å². The number of guanidine groups is 1. The minimum absolute atomic E-state index is 0.441. The van der Waals surface area contributed by atoms with Crippen molar-refractivity contribution >= 4 is 17.3 Å². The topological polar surface area (TPSA) is 58.5 Å². The Morgan fingerprint density at radius 1 is 1.36 bits per heavy atom. The molecule has 1 aromatic heterocycles. The molecule has 0 radical (unpaired) electrons. The Hall–Kier alpha value is -2.08. The Balaban J connectivity index is 1.53. The molecule has 1 aromatic carbocycles. The van der Waals surface area contributed by atoms with Gasteiger partial charge in [0.05, 0.1) is 18.8 Å². The van der Waals surface area contributed by atoms with Crippen LogP contribution >= 0.6 is 11.3 Å². The third-order valence-corrected chi connectivity index (χ3v) is 5.26. The third kappa shape index (κ3) is 4.51. The lowest BCUT2D eigenvalue weighted by Crippen LogP contribution is -2.39. The number of thiazole rings is 1. The summed E-state index contributed by atoms with van der Waals surface area (Å²) in [5, 5.41) is 10.0. The van der Waals surface area contributed by atoms with Crippen LogP contribution in [-0.2, 0) is 6.54 Å². The zero-order chi connectivity index (χ0) is 17.6. The summed E-state index contributed by atoms with van der Waals surface area (Å²) < 4.78 is 5.73. The summed E-state index contributed by atoms with van der Waals surface area (Å²) >= 11 is 1.69. The highest BCUT2D eigenvalue weighted by molar-refractivity contribution is 7.09. The molecule has 134 valence electrons. The van der Waals surface area contributed by atoms with Crippen LogP contribution in [0.25, 0.3) is 0 Å². The van der Waals surface area contributed by atoms with Crippen LogP contribution in [0.3, 0.4) is 0 Å². The smallest absolute Gasteiger partial charge is 0.191 e. The van der Waals surface area contributed by atoms with Gasteiger partial charge in [-0.1, -0.05) is 32.0 Å². The van der Waals surface area contributed by atoms with Crippen LogP contribution < -0.4 is 15.4 Å². The fraction of sp³-hybridized carbons (Fsp3) is 0.474. The molecule has 0 aliphatic carbocycles. The number of aliphatic imine (C=N–C) groups is 1. The van der Waals surface area contributed by atoms with Gasteiger partial charge in [0.15, 0.2) is 5.96 Å². The van der Waals surface area contributed by atoms with Gasteiger partial charge < -0.3 is 15.4 Å². The van der Waals surface area contributed by atoms with E-state index in [0.717, 1.165) is 42.0 Å². The standard InChI is InChI=1S/C19H26N4OS/c1-13(2)16-12-25-18(23-16)11-22-19(20-3)21-10-14-8-9-24-17-7-5-4-6-15(14)17/h4-7,12-14H,8-11H2,1-3H3,(H2,20,21,22). The van der Waals surface area contributed by atoms with Crippen LogP contribution in [0.15, 0.2) is 34.6 Å². The van der Waals surface area contributed by atoms with Crippen molar-refractivity contribution in [2.45, 2.75) is 38.6 Å². The molecule has 5 nitrogen and oxygen atoms in total. The van der Waals surface area contributed by atoms with Gasteiger partial charge in [0.25, 0.3) is 0 Å². The van der Waals surface area contributed by atoms with E-state index in [-0.39, 0.29) is 0 Å². The second kappa shape index (κ2) is 8.34. The lowest BCUT2D eigenvalue weighted by Gasteiger charge is -2.26. The summed E-state index contributed by atoms with van der Waals surface area (Å²) in [6.45, 7) is 6.64. The number of ether oxygens (including phenoxy) is 1. The number of fused-ring (bicyclic) bond motifs is 1. The van der Waals surface area contributed by atoms with Gasteiger partial charge in [-0.2, -0.15) is 0 Å². The highest BCUT2D eigenvalue weighted by Crippen LogP contribution is 2.32. The van der Waals surface area contributed by atoms with Crippen LogP contribution in [0.4, 0.5) is 0 Å². The van der Waals surface area contributed by atoms with Crippen LogP contribution in [0.1, 0.15) is 48.4 Å². The number of nitrogens with one attached hydrogen (secondary N) is 2. The molecule has 1 atom stereocenters. The number of para-hydroxylation sites is 1. The first-order valence-corrected chi connectivity index (χ1v) is 9.66. The van der Waals surface area contributed by atoms with Gasteiger partial charge in [0, 0.05) is 24.9 Å². The number of rotatable bonds is 5. The molecule has 2 heterocycles. The Kier molecular flexibility index (Phi) is 5.91. The summed E-state index contributed by atoms with van der Waals surface area (Å²) in [5.41, 5.74) is 2.43. The Labute approximate surface area is 153 Å². The van der Waals surface area contributed by atoms with Crippen molar-refractivity contribution in [1.82, 2.24) is 15.6 Å². The van der Waals surface area contributed by atoms with E-state index >= 15 is 0 Å². The molecule has 0 bridgehead atoms. The van der Waals surface area contributed by atoms with Gasteiger partial charge in [-0.05, 0) is 24.0 Å². The molecule has 6 heteroatoms. The molecule has 0 spiro atoms. The maximum atomic E-state index is 5.73.